The highest BCUT2D eigenvalue weighted by Crippen LogP contribution is 2.25. The van der Waals surface area contributed by atoms with Gasteiger partial charge in [0.15, 0.2) is 0 Å². The first-order valence-electron chi connectivity index (χ1n) is 6.80. The number of amides is 1. The molecule has 1 saturated heterocycles. The molecule has 1 fully saturated rings. The lowest BCUT2D eigenvalue weighted by Crippen LogP contribution is -2.53. The second kappa shape index (κ2) is 6.60. The van der Waals surface area contributed by atoms with Crippen LogP contribution in [0.1, 0.15) is 20.8 Å². The summed E-state index contributed by atoms with van der Waals surface area (Å²) < 4.78 is 12.0. The number of carbonyl (C=O) groups is 1. The van der Waals surface area contributed by atoms with E-state index >= 15 is 0 Å². The largest absolute Gasteiger partial charge is 0.493 e. The van der Waals surface area contributed by atoms with Crippen molar-refractivity contribution in [2.45, 2.75) is 26.4 Å². The number of carbonyl (C=O) groups excluding carboxylic acids is 1. The normalized spacial score (nSPS) is 15.6. The van der Waals surface area contributed by atoms with E-state index in [9.17, 15) is 4.79 Å². The Morgan fingerprint density at radius 3 is 2.67 bits per heavy atom. The van der Waals surface area contributed by atoms with Gasteiger partial charge in [0.2, 0.25) is 0 Å². The summed E-state index contributed by atoms with van der Waals surface area (Å²) in [7, 11) is 0. The lowest BCUT2D eigenvalue weighted by molar-refractivity contribution is -0.00781. The molecule has 1 amide bonds. The number of hydrogen-bond donors (Lipinski definition) is 0. The van der Waals surface area contributed by atoms with Crippen LogP contribution in [-0.4, -0.2) is 36.3 Å². The zero-order valence-electron chi connectivity index (χ0n) is 12.4. The van der Waals surface area contributed by atoms with Gasteiger partial charge in [0.05, 0.1) is 11.6 Å². The average Bonchev–Trinajstić information content (AvgIpc) is 2.29. The Hall–Kier alpha value is -0.690. The minimum atomic E-state index is -0.448. The van der Waals surface area contributed by atoms with Crippen LogP contribution in [-0.2, 0) is 4.74 Å². The molecule has 1 aliphatic rings. The van der Waals surface area contributed by atoms with E-state index in [-0.39, 0.29) is 6.09 Å². The Morgan fingerprint density at radius 2 is 2.10 bits per heavy atom. The van der Waals surface area contributed by atoms with Crippen molar-refractivity contribution in [1.29, 1.82) is 0 Å². The lowest BCUT2D eigenvalue weighted by Gasteiger charge is -2.39. The summed E-state index contributed by atoms with van der Waals surface area (Å²) in [5.41, 5.74) is -0.448. The first-order chi connectivity index (χ1) is 9.74. The van der Waals surface area contributed by atoms with E-state index in [0.29, 0.717) is 30.6 Å². The van der Waals surface area contributed by atoms with Crippen molar-refractivity contribution in [3.63, 3.8) is 0 Å². The van der Waals surface area contributed by atoms with E-state index in [4.69, 9.17) is 21.1 Å². The van der Waals surface area contributed by atoms with Crippen LogP contribution in [0.5, 0.6) is 5.75 Å². The Morgan fingerprint density at radius 1 is 1.43 bits per heavy atom. The molecule has 0 aromatic heterocycles. The second-order valence-electron chi connectivity index (χ2n) is 6.14. The van der Waals surface area contributed by atoms with Gasteiger partial charge in [0.1, 0.15) is 11.4 Å². The molecule has 0 unspecified atom stereocenters. The monoisotopic (exact) mass is 423 g/mol. The Kier molecular flexibility index (Phi) is 5.24. The standard InChI is InChI=1S/C15H19ClINO3/c1-15(2,3)21-14(19)18-7-10(8-18)9-20-11-4-5-13(17)12(16)6-11/h4-6,10H,7-9H2,1-3H3. The number of halogens is 2. The third-order valence-electron chi connectivity index (χ3n) is 2.99. The van der Waals surface area contributed by atoms with Crippen molar-refractivity contribution < 1.29 is 14.3 Å². The summed E-state index contributed by atoms with van der Waals surface area (Å²) >= 11 is 8.22. The van der Waals surface area contributed by atoms with Gasteiger partial charge in [-0.05, 0) is 61.6 Å². The lowest BCUT2D eigenvalue weighted by atomic mass is 10.0. The zero-order chi connectivity index (χ0) is 15.6. The van der Waals surface area contributed by atoms with Crippen LogP contribution in [0.15, 0.2) is 18.2 Å². The fraction of sp³-hybridized carbons (Fsp3) is 0.533. The van der Waals surface area contributed by atoms with E-state index in [2.05, 4.69) is 22.6 Å². The first-order valence-corrected chi connectivity index (χ1v) is 8.26. The van der Waals surface area contributed by atoms with Crippen LogP contribution in [0.3, 0.4) is 0 Å². The van der Waals surface area contributed by atoms with Gasteiger partial charge >= 0.3 is 6.09 Å². The number of rotatable bonds is 3. The number of likely N-dealkylation sites (tertiary alicyclic amines) is 1. The van der Waals surface area contributed by atoms with Gasteiger partial charge in [-0.1, -0.05) is 11.6 Å². The van der Waals surface area contributed by atoms with Gasteiger partial charge < -0.3 is 14.4 Å². The molecule has 1 heterocycles. The molecule has 0 saturated carbocycles. The molecule has 0 aliphatic carbocycles. The maximum Gasteiger partial charge on any atom is 0.410 e. The topological polar surface area (TPSA) is 38.8 Å². The van der Waals surface area contributed by atoms with Gasteiger partial charge in [0.25, 0.3) is 0 Å². The molecule has 0 radical (unpaired) electrons. The van der Waals surface area contributed by atoms with Crippen LogP contribution in [0.2, 0.25) is 5.02 Å². The van der Waals surface area contributed by atoms with Gasteiger partial charge in [-0.3, -0.25) is 0 Å². The van der Waals surface area contributed by atoms with E-state index in [0.717, 1.165) is 9.32 Å². The van der Waals surface area contributed by atoms with Crippen LogP contribution < -0.4 is 4.74 Å². The number of nitrogens with zero attached hydrogens (tertiary/aromatic N) is 1. The van der Waals surface area contributed by atoms with Crippen molar-refractivity contribution in [1.82, 2.24) is 4.90 Å². The molecular weight excluding hydrogens is 405 g/mol. The highest BCUT2D eigenvalue weighted by atomic mass is 127. The van der Waals surface area contributed by atoms with Crippen LogP contribution in [0.4, 0.5) is 4.79 Å². The highest BCUT2D eigenvalue weighted by Gasteiger charge is 2.33. The van der Waals surface area contributed by atoms with Gasteiger partial charge in [0, 0.05) is 22.6 Å². The van der Waals surface area contributed by atoms with Gasteiger partial charge in [-0.15, -0.1) is 0 Å². The predicted octanol–water partition coefficient (Wildman–Crippen LogP) is 4.19. The minimum absolute atomic E-state index is 0.254. The van der Waals surface area contributed by atoms with Gasteiger partial charge in [-0.2, -0.15) is 0 Å². The summed E-state index contributed by atoms with van der Waals surface area (Å²) in [6.45, 7) is 7.53. The van der Waals surface area contributed by atoms with Crippen molar-refractivity contribution in [2.24, 2.45) is 5.92 Å². The molecule has 4 nitrogen and oxygen atoms in total. The van der Waals surface area contributed by atoms with Crippen molar-refractivity contribution in [3.8, 4) is 5.75 Å². The van der Waals surface area contributed by atoms with E-state index < -0.39 is 5.60 Å². The minimum Gasteiger partial charge on any atom is -0.493 e. The first kappa shape index (κ1) is 16.7. The summed E-state index contributed by atoms with van der Waals surface area (Å²) in [4.78, 5) is 13.5. The van der Waals surface area contributed by atoms with Crippen LogP contribution >= 0.6 is 34.2 Å². The third kappa shape index (κ3) is 4.92. The SMILES string of the molecule is CC(C)(C)OC(=O)N1CC(COc2ccc(I)c(Cl)c2)C1. The number of ether oxygens (including phenoxy) is 2. The molecule has 0 bridgehead atoms. The maximum atomic E-state index is 11.8. The van der Waals surface area contributed by atoms with Crippen molar-refractivity contribution in [2.75, 3.05) is 19.7 Å². The van der Waals surface area contributed by atoms with Gasteiger partial charge in [-0.25, -0.2) is 4.79 Å². The molecule has 6 heteroatoms. The molecular formula is C15H19ClINO3. The summed E-state index contributed by atoms with van der Waals surface area (Å²) in [5, 5.41) is 0.692. The summed E-state index contributed by atoms with van der Waals surface area (Å²) in [5.74, 6) is 1.10. The molecule has 0 N–H and O–H groups in total. The van der Waals surface area contributed by atoms with E-state index in [1.807, 2.05) is 39.0 Å². The summed E-state index contributed by atoms with van der Waals surface area (Å²) in [6, 6.07) is 5.64. The van der Waals surface area contributed by atoms with Crippen molar-refractivity contribution in [3.05, 3.63) is 26.8 Å². The molecule has 2 rings (SSSR count). The molecule has 1 aromatic rings. The summed E-state index contributed by atoms with van der Waals surface area (Å²) in [6.07, 6.45) is -0.254. The predicted molar refractivity (Wildman–Crippen MR) is 91.0 cm³/mol. The van der Waals surface area contributed by atoms with Crippen molar-refractivity contribution >= 4 is 40.3 Å². The third-order valence-corrected chi connectivity index (χ3v) is 4.56. The highest BCUT2D eigenvalue weighted by molar-refractivity contribution is 14.1. The quantitative estimate of drug-likeness (QED) is 0.684. The zero-order valence-corrected chi connectivity index (χ0v) is 15.3. The van der Waals surface area contributed by atoms with Crippen LogP contribution in [0.25, 0.3) is 0 Å². The second-order valence-corrected chi connectivity index (χ2v) is 7.71. The Bertz CT molecular complexity index is 524. The van der Waals surface area contributed by atoms with E-state index in [1.54, 1.807) is 4.90 Å². The smallest absolute Gasteiger partial charge is 0.410 e. The number of benzene rings is 1. The Balaban J connectivity index is 1.73. The molecule has 116 valence electrons. The number of hydrogen-bond acceptors (Lipinski definition) is 3. The maximum absolute atomic E-state index is 11.8. The molecule has 1 aromatic carbocycles. The molecule has 0 atom stereocenters. The van der Waals surface area contributed by atoms with Crippen LogP contribution in [0, 0.1) is 9.49 Å². The fourth-order valence-electron chi connectivity index (χ4n) is 1.93. The molecule has 0 spiro atoms. The van der Waals surface area contributed by atoms with E-state index in [1.165, 1.54) is 0 Å². The Labute approximate surface area is 143 Å². The fourth-order valence-corrected chi connectivity index (χ4v) is 2.44. The molecule has 21 heavy (non-hydrogen) atoms. The average molecular weight is 424 g/mol. The molecule has 1 aliphatic heterocycles.